The van der Waals surface area contributed by atoms with Crippen molar-refractivity contribution in [1.82, 2.24) is 20.3 Å². The van der Waals surface area contributed by atoms with Crippen LogP contribution in [0, 0.1) is 5.92 Å². The van der Waals surface area contributed by atoms with Gasteiger partial charge in [-0.2, -0.15) is 0 Å². The van der Waals surface area contributed by atoms with Gasteiger partial charge in [-0.25, -0.2) is 4.68 Å². The number of fused-ring (bicyclic) bond motifs is 1. The third kappa shape index (κ3) is 4.96. The number of nitrogens with one attached hydrogen (secondary N) is 2. The Bertz CT molecular complexity index is 1110. The molecule has 1 aliphatic rings. The lowest BCUT2D eigenvalue weighted by atomic mass is 9.89. The van der Waals surface area contributed by atoms with Gasteiger partial charge < -0.3 is 15.4 Å². The van der Waals surface area contributed by atoms with E-state index in [2.05, 4.69) is 34.8 Å². The molecule has 1 aromatic heterocycles. The van der Waals surface area contributed by atoms with E-state index in [-0.39, 0.29) is 36.6 Å². The number of hydrogen-bond donors (Lipinski definition) is 2. The van der Waals surface area contributed by atoms with Crippen LogP contribution >= 0.6 is 0 Å². The summed E-state index contributed by atoms with van der Waals surface area (Å²) in [6.07, 6.45) is 1.23. The third-order valence-electron chi connectivity index (χ3n) is 5.80. The molecule has 0 unspecified atom stereocenters. The van der Waals surface area contributed by atoms with Gasteiger partial charge in [-0.1, -0.05) is 49.4 Å². The van der Waals surface area contributed by atoms with Crippen molar-refractivity contribution >= 4 is 28.5 Å². The van der Waals surface area contributed by atoms with Crippen LogP contribution in [-0.4, -0.2) is 39.0 Å². The SMILES string of the molecule is CC(=O)N[C@H]1C[C@@H](c2ccccc2NC(=O)Cn2nnc3ccccc32)O[C@@H](C(C)C)C1. The summed E-state index contributed by atoms with van der Waals surface area (Å²) >= 11 is 0. The van der Waals surface area contributed by atoms with E-state index in [9.17, 15) is 9.59 Å². The highest BCUT2D eigenvalue weighted by atomic mass is 16.5. The second-order valence-corrected chi connectivity index (χ2v) is 8.65. The average molecular weight is 436 g/mol. The van der Waals surface area contributed by atoms with Crippen molar-refractivity contribution < 1.29 is 14.3 Å². The molecular weight excluding hydrogens is 406 g/mol. The van der Waals surface area contributed by atoms with Gasteiger partial charge in [-0.3, -0.25) is 9.59 Å². The highest BCUT2D eigenvalue weighted by molar-refractivity contribution is 5.92. The van der Waals surface area contributed by atoms with Gasteiger partial charge in [0.25, 0.3) is 0 Å². The predicted molar refractivity (Wildman–Crippen MR) is 122 cm³/mol. The molecule has 1 fully saturated rings. The van der Waals surface area contributed by atoms with Gasteiger partial charge in [-0.15, -0.1) is 5.10 Å². The minimum Gasteiger partial charge on any atom is -0.370 e. The molecule has 0 saturated carbocycles. The van der Waals surface area contributed by atoms with Gasteiger partial charge in [0.15, 0.2) is 0 Å². The van der Waals surface area contributed by atoms with Crippen LogP contribution in [0.2, 0.25) is 0 Å². The number of nitrogens with zero attached hydrogens (tertiary/aromatic N) is 3. The molecule has 2 heterocycles. The normalized spacial score (nSPS) is 20.9. The summed E-state index contributed by atoms with van der Waals surface area (Å²) in [4.78, 5) is 24.5. The van der Waals surface area contributed by atoms with Gasteiger partial charge in [0.05, 0.1) is 17.7 Å². The van der Waals surface area contributed by atoms with Crippen molar-refractivity contribution in [3.63, 3.8) is 0 Å². The maximum absolute atomic E-state index is 12.8. The monoisotopic (exact) mass is 435 g/mol. The number of benzene rings is 2. The Kier molecular flexibility index (Phi) is 6.50. The summed E-state index contributed by atoms with van der Waals surface area (Å²) in [6.45, 7) is 5.84. The van der Waals surface area contributed by atoms with E-state index in [4.69, 9.17) is 4.74 Å². The van der Waals surface area contributed by atoms with Crippen LogP contribution in [0.15, 0.2) is 48.5 Å². The molecule has 0 radical (unpaired) electrons. The van der Waals surface area contributed by atoms with Crippen molar-refractivity contribution in [2.45, 2.75) is 58.4 Å². The smallest absolute Gasteiger partial charge is 0.246 e. The van der Waals surface area contributed by atoms with E-state index in [1.54, 1.807) is 4.68 Å². The number of ether oxygens (including phenoxy) is 1. The topological polar surface area (TPSA) is 98.1 Å². The summed E-state index contributed by atoms with van der Waals surface area (Å²) in [6, 6.07) is 15.2. The lowest BCUT2D eigenvalue weighted by molar-refractivity contribution is -0.123. The fourth-order valence-electron chi connectivity index (χ4n) is 4.24. The fraction of sp³-hybridized carbons (Fsp3) is 0.417. The molecule has 3 atom stereocenters. The van der Waals surface area contributed by atoms with Crippen LogP contribution < -0.4 is 10.6 Å². The van der Waals surface area contributed by atoms with E-state index in [1.807, 2.05) is 48.5 Å². The van der Waals surface area contributed by atoms with Crippen molar-refractivity contribution in [2.75, 3.05) is 5.32 Å². The van der Waals surface area contributed by atoms with Gasteiger partial charge in [0.2, 0.25) is 11.8 Å². The van der Waals surface area contributed by atoms with Crippen LogP contribution in [0.5, 0.6) is 0 Å². The minimum atomic E-state index is -0.225. The van der Waals surface area contributed by atoms with E-state index >= 15 is 0 Å². The van der Waals surface area contributed by atoms with Crippen LogP contribution in [0.25, 0.3) is 11.0 Å². The zero-order chi connectivity index (χ0) is 22.7. The lowest BCUT2D eigenvalue weighted by Gasteiger charge is -2.38. The maximum atomic E-state index is 12.8. The predicted octanol–water partition coefficient (Wildman–Crippen LogP) is 3.45. The molecule has 168 valence electrons. The number of anilines is 1. The molecular formula is C24H29N5O3. The number of hydrogen-bond acceptors (Lipinski definition) is 5. The quantitative estimate of drug-likeness (QED) is 0.618. The fourth-order valence-corrected chi connectivity index (χ4v) is 4.24. The third-order valence-corrected chi connectivity index (χ3v) is 5.80. The summed E-state index contributed by atoms with van der Waals surface area (Å²) in [7, 11) is 0. The maximum Gasteiger partial charge on any atom is 0.246 e. The molecule has 0 bridgehead atoms. The van der Waals surface area contributed by atoms with Crippen molar-refractivity contribution in [1.29, 1.82) is 0 Å². The van der Waals surface area contributed by atoms with Crippen LogP contribution in [0.3, 0.4) is 0 Å². The van der Waals surface area contributed by atoms with E-state index in [1.165, 1.54) is 6.92 Å². The summed E-state index contributed by atoms with van der Waals surface area (Å²) in [5, 5.41) is 14.3. The number of para-hydroxylation sites is 2. The number of carbonyl (C=O) groups is 2. The molecule has 8 nitrogen and oxygen atoms in total. The molecule has 2 amide bonds. The average Bonchev–Trinajstić information content (AvgIpc) is 3.16. The molecule has 1 aliphatic heterocycles. The van der Waals surface area contributed by atoms with Crippen LogP contribution in [0.4, 0.5) is 5.69 Å². The van der Waals surface area contributed by atoms with E-state index in [0.717, 1.165) is 23.0 Å². The first-order chi connectivity index (χ1) is 15.4. The van der Waals surface area contributed by atoms with Crippen molar-refractivity contribution in [3.05, 3.63) is 54.1 Å². The zero-order valence-electron chi connectivity index (χ0n) is 18.6. The van der Waals surface area contributed by atoms with E-state index < -0.39 is 0 Å². The minimum absolute atomic E-state index is 0.0240. The Morgan fingerprint density at radius 2 is 1.88 bits per heavy atom. The van der Waals surface area contributed by atoms with Crippen LogP contribution in [-0.2, 0) is 20.9 Å². The van der Waals surface area contributed by atoms with Gasteiger partial charge in [0.1, 0.15) is 12.1 Å². The molecule has 1 saturated heterocycles. The second kappa shape index (κ2) is 9.48. The van der Waals surface area contributed by atoms with Crippen molar-refractivity contribution in [3.8, 4) is 0 Å². The lowest BCUT2D eigenvalue weighted by Crippen LogP contribution is -2.43. The molecule has 3 aromatic rings. The Hall–Kier alpha value is -3.26. The number of rotatable bonds is 6. The molecule has 4 rings (SSSR count). The van der Waals surface area contributed by atoms with Crippen LogP contribution in [0.1, 0.15) is 45.3 Å². The Morgan fingerprint density at radius 1 is 1.12 bits per heavy atom. The summed E-state index contributed by atoms with van der Waals surface area (Å²) < 4.78 is 7.99. The second-order valence-electron chi connectivity index (χ2n) is 8.65. The Balaban J connectivity index is 1.52. The first kappa shape index (κ1) is 22.0. The number of amides is 2. The Labute approximate surface area is 187 Å². The van der Waals surface area contributed by atoms with Gasteiger partial charge in [-0.05, 0) is 37.0 Å². The first-order valence-electron chi connectivity index (χ1n) is 11.0. The van der Waals surface area contributed by atoms with Gasteiger partial charge in [0, 0.05) is 24.2 Å². The number of aromatic nitrogens is 3. The highest BCUT2D eigenvalue weighted by Gasteiger charge is 2.33. The molecule has 32 heavy (non-hydrogen) atoms. The largest absolute Gasteiger partial charge is 0.370 e. The summed E-state index contributed by atoms with van der Waals surface area (Å²) in [5.74, 6) is 0.0824. The van der Waals surface area contributed by atoms with Crippen molar-refractivity contribution in [2.24, 2.45) is 5.92 Å². The molecule has 2 aromatic carbocycles. The molecule has 8 heteroatoms. The first-order valence-corrected chi connectivity index (χ1v) is 11.0. The highest BCUT2D eigenvalue weighted by Crippen LogP contribution is 2.37. The molecule has 2 N–H and O–H groups in total. The molecule has 0 aliphatic carbocycles. The number of carbonyl (C=O) groups excluding carboxylic acids is 2. The van der Waals surface area contributed by atoms with E-state index in [0.29, 0.717) is 18.0 Å². The molecule has 0 spiro atoms. The Morgan fingerprint density at radius 3 is 2.66 bits per heavy atom. The standard InChI is InChI=1S/C24H29N5O3/c1-15(2)22-12-17(25-16(3)30)13-23(32-22)18-8-4-5-9-19(18)26-24(31)14-29-21-11-7-6-10-20(21)27-28-29/h4-11,15,17,22-23H,12-14H2,1-3H3,(H,25,30)(H,26,31)/t17-,22-,23+/m1/s1. The zero-order valence-corrected chi connectivity index (χ0v) is 18.6. The summed E-state index contributed by atoms with van der Waals surface area (Å²) in [5.41, 5.74) is 3.17. The van der Waals surface area contributed by atoms with Gasteiger partial charge >= 0.3 is 0 Å².